The molecule has 2 N–H and O–H groups in total. The van der Waals surface area contributed by atoms with Crippen LogP contribution in [-0.2, 0) is 0 Å². The zero-order chi connectivity index (χ0) is 12.2. The van der Waals surface area contributed by atoms with Gasteiger partial charge in [-0.1, -0.05) is 34.1 Å². The van der Waals surface area contributed by atoms with Crippen LogP contribution in [0.25, 0.3) is 0 Å². The van der Waals surface area contributed by atoms with E-state index in [-0.39, 0.29) is 5.54 Å². The second-order valence-corrected chi connectivity index (χ2v) is 5.72. The van der Waals surface area contributed by atoms with Crippen molar-refractivity contribution >= 4 is 0 Å². The van der Waals surface area contributed by atoms with E-state index >= 15 is 0 Å². The average Bonchev–Trinajstić information content (AvgIpc) is 2.30. The molecule has 0 bridgehead atoms. The Morgan fingerprint density at radius 1 is 1.25 bits per heavy atom. The molecule has 0 radical (unpaired) electrons. The Balaban J connectivity index is 2.71. The molecule has 1 rings (SSSR count). The lowest BCUT2D eigenvalue weighted by Gasteiger charge is -2.48. The van der Waals surface area contributed by atoms with Gasteiger partial charge in [0.2, 0.25) is 0 Å². The maximum absolute atomic E-state index is 6.07. The molecule has 1 fully saturated rings. The number of nitrogens with zero attached hydrogens (tertiary/aromatic N) is 1. The summed E-state index contributed by atoms with van der Waals surface area (Å²) in [7, 11) is 0. The maximum atomic E-state index is 6.07. The van der Waals surface area contributed by atoms with E-state index in [1.807, 2.05) is 0 Å². The minimum atomic E-state index is 0.281. The van der Waals surface area contributed by atoms with E-state index in [1.54, 1.807) is 0 Å². The van der Waals surface area contributed by atoms with E-state index < -0.39 is 0 Å². The Morgan fingerprint density at radius 2 is 1.94 bits per heavy atom. The van der Waals surface area contributed by atoms with E-state index in [0.29, 0.717) is 0 Å². The third kappa shape index (κ3) is 2.78. The molecule has 0 aliphatic carbocycles. The van der Waals surface area contributed by atoms with Gasteiger partial charge < -0.3 is 5.73 Å². The monoisotopic (exact) mass is 226 g/mol. The Hall–Kier alpha value is -0.0800. The molecular formula is C14H30N2. The first-order chi connectivity index (χ1) is 7.59. The highest BCUT2D eigenvalue weighted by Crippen LogP contribution is 2.32. The van der Waals surface area contributed by atoms with Crippen molar-refractivity contribution in [3.05, 3.63) is 0 Å². The molecule has 0 amide bonds. The first-order valence-corrected chi connectivity index (χ1v) is 7.04. The van der Waals surface area contributed by atoms with Crippen molar-refractivity contribution in [2.45, 2.75) is 58.9 Å². The van der Waals surface area contributed by atoms with Gasteiger partial charge in [-0.2, -0.15) is 0 Å². The normalized spacial score (nSPS) is 31.3. The van der Waals surface area contributed by atoms with Crippen LogP contribution >= 0.6 is 0 Å². The van der Waals surface area contributed by atoms with E-state index in [4.69, 9.17) is 5.73 Å². The van der Waals surface area contributed by atoms with Crippen LogP contribution in [0.1, 0.15) is 53.4 Å². The molecule has 0 aromatic rings. The molecule has 2 nitrogen and oxygen atoms in total. The molecule has 96 valence electrons. The van der Waals surface area contributed by atoms with Crippen LogP contribution in [0.2, 0.25) is 0 Å². The average molecular weight is 226 g/mol. The quantitative estimate of drug-likeness (QED) is 0.781. The zero-order valence-electron chi connectivity index (χ0n) is 11.6. The summed E-state index contributed by atoms with van der Waals surface area (Å²) >= 11 is 0. The molecule has 0 spiro atoms. The van der Waals surface area contributed by atoms with E-state index in [1.165, 1.54) is 38.8 Å². The molecule has 1 aliphatic heterocycles. The summed E-state index contributed by atoms with van der Waals surface area (Å²) in [6.07, 6.45) is 5.03. The van der Waals surface area contributed by atoms with Crippen LogP contribution in [0.3, 0.4) is 0 Å². The lowest BCUT2D eigenvalue weighted by atomic mass is 9.82. The lowest BCUT2D eigenvalue weighted by Crippen LogP contribution is -2.57. The van der Waals surface area contributed by atoms with Crippen LogP contribution in [0.15, 0.2) is 0 Å². The largest absolute Gasteiger partial charge is 0.329 e. The Bertz CT molecular complexity index is 199. The summed E-state index contributed by atoms with van der Waals surface area (Å²) in [6.45, 7) is 12.7. The smallest absolute Gasteiger partial charge is 0.0329 e. The fourth-order valence-corrected chi connectivity index (χ4v) is 3.09. The Kier molecular flexibility index (Phi) is 5.26. The van der Waals surface area contributed by atoms with E-state index in [9.17, 15) is 0 Å². The van der Waals surface area contributed by atoms with Crippen molar-refractivity contribution in [2.24, 2.45) is 17.6 Å². The number of hydrogen-bond donors (Lipinski definition) is 1. The predicted octanol–water partition coefficient (Wildman–Crippen LogP) is 2.87. The summed E-state index contributed by atoms with van der Waals surface area (Å²) in [6, 6.07) is 0. The second-order valence-electron chi connectivity index (χ2n) is 5.72. The maximum Gasteiger partial charge on any atom is 0.0329 e. The predicted molar refractivity (Wildman–Crippen MR) is 71.5 cm³/mol. The Morgan fingerprint density at radius 3 is 2.38 bits per heavy atom. The molecule has 1 heterocycles. The molecule has 16 heavy (non-hydrogen) atoms. The van der Waals surface area contributed by atoms with Crippen LogP contribution in [0.4, 0.5) is 0 Å². The van der Waals surface area contributed by atoms with Gasteiger partial charge in [0, 0.05) is 18.6 Å². The number of rotatable bonds is 5. The van der Waals surface area contributed by atoms with Crippen LogP contribution in [-0.4, -0.2) is 30.1 Å². The SMILES string of the molecule is CCCC(CC)(CN)N1CCC(C)C(C)C1. The Labute approximate surface area is 102 Å². The van der Waals surface area contributed by atoms with E-state index in [0.717, 1.165) is 18.4 Å². The van der Waals surface area contributed by atoms with Gasteiger partial charge in [-0.3, -0.25) is 4.90 Å². The highest BCUT2D eigenvalue weighted by molar-refractivity contribution is 4.93. The van der Waals surface area contributed by atoms with Crippen molar-refractivity contribution in [2.75, 3.05) is 19.6 Å². The number of piperidine rings is 1. The van der Waals surface area contributed by atoms with Crippen LogP contribution < -0.4 is 5.73 Å². The molecule has 2 heteroatoms. The third-order valence-electron chi connectivity index (χ3n) is 4.76. The van der Waals surface area contributed by atoms with Crippen molar-refractivity contribution < 1.29 is 0 Å². The van der Waals surface area contributed by atoms with Gasteiger partial charge in [-0.05, 0) is 37.6 Å². The lowest BCUT2D eigenvalue weighted by molar-refractivity contribution is 0.0218. The van der Waals surface area contributed by atoms with Crippen molar-refractivity contribution in [1.82, 2.24) is 4.90 Å². The summed E-state index contributed by atoms with van der Waals surface area (Å²) in [5.41, 5.74) is 6.35. The zero-order valence-corrected chi connectivity index (χ0v) is 11.6. The second kappa shape index (κ2) is 6.02. The highest BCUT2D eigenvalue weighted by atomic mass is 15.2. The van der Waals surface area contributed by atoms with Crippen molar-refractivity contribution in [3.63, 3.8) is 0 Å². The van der Waals surface area contributed by atoms with Gasteiger partial charge >= 0.3 is 0 Å². The van der Waals surface area contributed by atoms with Gasteiger partial charge in [0.05, 0.1) is 0 Å². The summed E-state index contributed by atoms with van der Waals surface area (Å²) in [5.74, 6) is 1.70. The first-order valence-electron chi connectivity index (χ1n) is 7.04. The molecule has 1 saturated heterocycles. The minimum Gasteiger partial charge on any atom is -0.329 e. The van der Waals surface area contributed by atoms with Crippen molar-refractivity contribution in [1.29, 1.82) is 0 Å². The number of nitrogens with two attached hydrogens (primary N) is 1. The molecule has 1 aliphatic rings. The summed E-state index contributed by atoms with van der Waals surface area (Å²) in [4.78, 5) is 2.68. The standard InChI is InChI=1S/C14H30N2/c1-5-8-14(6-2,11-15)16-9-7-12(3)13(4)10-16/h12-13H,5-11,15H2,1-4H3. The van der Waals surface area contributed by atoms with Gasteiger partial charge in [-0.15, -0.1) is 0 Å². The minimum absolute atomic E-state index is 0.281. The summed E-state index contributed by atoms with van der Waals surface area (Å²) < 4.78 is 0. The van der Waals surface area contributed by atoms with Gasteiger partial charge in [-0.25, -0.2) is 0 Å². The molecule has 0 saturated carbocycles. The van der Waals surface area contributed by atoms with Gasteiger partial charge in [0.15, 0.2) is 0 Å². The van der Waals surface area contributed by atoms with Crippen LogP contribution in [0.5, 0.6) is 0 Å². The molecule has 3 atom stereocenters. The van der Waals surface area contributed by atoms with Gasteiger partial charge in [0.1, 0.15) is 0 Å². The third-order valence-corrected chi connectivity index (χ3v) is 4.76. The topological polar surface area (TPSA) is 29.3 Å². The molecule has 3 unspecified atom stereocenters. The molecule has 0 aromatic heterocycles. The first kappa shape index (κ1) is 14.0. The molecule has 0 aromatic carbocycles. The van der Waals surface area contributed by atoms with E-state index in [2.05, 4.69) is 32.6 Å². The van der Waals surface area contributed by atoms with Gasteiger partial charge in [0.25, 0.3) is 0 Å². The number of likely N-dealkylation sites (tertiary alicyclic amines) is 1. The highest BCUT2D eigenvalue weighted by Gasteiger charge is 2.36. The molecular weight excluding hydrogens is 196 g/mol. The fourth-order valence-electron chi connectivity index (χ4n) is 3.09. The summed E-state index contributed by atoms with van der Waals surface area (Å²) in [5, 5.41) is 0. The van der Waals surface area contributed by atoms with Crippen molar-refractivity contribution in [3.8, 4) is 0 Å². The van der Waals surface area contributed by atoms with Crippen LogP contribution in [0, 0.1) is 11.8 Å². The fraction of sp³-hybridized carbons (Fsp3) is 1.00. The number of hydrogen-bond acceptors (Lipinski definition) is 2.